The number of aromatic amines is 1. The Morgan fingerprint density at radius 3 is 2.36 bits per heavy atom. The Hall–Kier alpha value is -2.67. The first-order chi connectivity index (χ1) is 16.0. The smallest absolute Gasteiger partial charge is 0.230 e. The Morgan fingerprint density at radius 2 is 1.73 bits per heavy atom. The van der Waals surface area contributed by atoms with Crippen molar-refractivity contribution in [1.29, 1.82) is 0 Å². The molecule has 1 aliphatic heterocycles. The van der Waals surface area contributed by atoms with Crippen molar-refractivity contribution >= 4 is 17.5 Å². The van der Waals surface area contributed by atoms with Gasteiger partial charge in [-0.1, -0.05) is 54.1 Å². The number of H-pyrrole nitrogens is 1. The summed E-state index contributed by atoms with van der Waals surface area (Å²) in [5.74, 6) is 0.448. The zero-order valence-electron chi connectivity index (χ0n) is 19.3. The van der Waals surface area contributed by atoms with E-state index in [2.05, 4.69) is 67.5 Å². The number of hydrogen-bond donors (Lipinski definition) is 2. The van der Waals surface area contributed by atoms with E-state index in [-0.39, 0.29) is 17.9 Å². The maximum atomic E-state index is 12.5. The van der Waals surface area contributed by atoms with Gasteiger partial charge in [0.2, 0.25) is 5.91 Å². The molecule has 174 valence electrons. The SMILES string of the molecule is Cc1cnc(C(C)C(=O)NCCN2CCN(C(c3ccccc3)c3ccc(Cl)cc3)CC2)[nH]1. The molecule has 0 bridgehead atoms. The van der Waals surface area contributed by atoms with E-state index in [9.17, 15) is 4.79 Å². The van der Waals surface area contributed by atoms with Crippen molar-refractivity contribution in [1.82, 2.24) is 25.1 Å². The van der Waals surface area contributed by atoms with E-state index in [4.69, 9.17) is 11.6 Å². The Morgan fingerprint density at radius 1 is 1.06 bits per heavy atom. The van der Waals surface area contributed by atoms with Gasteiger partial charge in [-0.25, -0.2) is 4.98 Å². The Balaban J connectivity index is 1.30. The van der Waals surface area contributed by atoms with E-state index in [0.29, 0.717) is 12.4 Å². The zero-order chi connectivity index (χ0) is 23.2. The number of halogens is 1. The summed E-state index contributed by atoms with van der Waals surface area (Å²) in [6.45, 7) is 9.20. The summed E-state index contributed by atoms with van der Waals surface area (Å²) in [6.07, 6.45) is 1.76. The second kappa shape index (κ2) is 11.0. The van der Waals surface area contributed by atoms with Crippen LogP contribution in [0.4, 0.5) is 0 Å². The molecule has 0 saturated carbocycles. The topological polar surface area (TPSA) is 64.3 Å². The molecule has 1 aliphatic rings. The summed E-state index contributed by atoms with van der Waals surface area (Å²) in [7, 11) is 0. The van der Waals surface area contributed by atoms with Gasteiger partial charge in [-0.3, -0.25) is 14.6 Å². The minimum Gasteiger partial charge on any atom is -0.354 e. The molecule has 2 N–H and O–H groups in total. The molecular formula is C26H32ClN5O. The molecule has 6 nitrogen and oxygen atoms in total. The van der Waals surface area contributed by atoms with Crippen molar-refractivity contribution in [3.05, 3.63) is 88.5 Å². The summed E-state index contributed by atoms with van der Waals surface area (Å²) in [6, 6.07) is 19.1. The molecule has 2 atom stereocenters. The second-order valence-electron chi connectivity index (χ2n) is 8.71. The van der Waals surface area contributed by atoms with Gasteiger partial charge in [-0.2, -0.15) is 0 Å². The molecule has 33 heavy (non-hydrogen) atoms. The number of carbonyl (C=O) groups excluding carboxylic acids is 1. The molecule has 0 aliphatic carbocycles. The van der Waals surface area contributed by atoms with Crippen LogP contribution >= 0.6 is 11.6 Å². The predicted octanol–water partition coefficient (Wildman–Crippen LogP) is 4.00. The van der Waals surface area contributed by atoms with Gasteiger partial charge in [0, 0.05) is 56.2 Å². The lowest BCUT2D eigenvalue weighted by molar-refractivity contribution is -0.122. The number of rotatable bonds is 8. The van der Waals surface area contributed by atoms with Crippen molar-refractivity contribution in [3.63, 3.8) is 0 Å². The van der Waals surface area contributed by atoms with Gasteiger partial charge in [-0.05, 0) is 37.1 Å². The molecule has 2 aromatic carbocycles. The first-order valence-corrected chi connectivity index (χ1v) is 11.9. The molecule has 1 aromatic heterocycles. The van der Waals surface area contributed by atoms with Crippen molar-refractivity contribution in [2.24, 2.45) is 0 Å². The largest absolute Gasteiger partial charge is 0.354 e. The average Bonchev–Trinajstić information content (AvgIpc) is 3.28. The standard InChI is InChI=1S/C26H32ClN5O/c1-19-18-29-25(30-19)20(2)26(33)28-12-13-31-14-16-32(17-15-31)24(21-6-4-3-5-7-21)22-8-10-23(27)11-9-22/h3-11,18,20,24H,12-17H2,1-2H3,(H,28,33)(H,29,30). The van der Waals surface area contributed by atoms with Crippen molar-refractivity contribution < 1.29 is 4.79 Å². The Kier molecular flexibility index (Phi) is 7.81. The maximum Gasteiger partial charge on any atom is 0.230 e. The van der Waals surface area contributed by atoms with Gasteiger partial charge in [-0.15, -0.1) is 0 Å². The van der Waals surface area contributed by atoms with Gasteiger partial charge in [0.25, 0.3) is 0 Å². The lowest BCUT2D eigenvalue weighted by atomic mass is 9.96. The highest BCUT2D eigenvalue weighted by Gasteiger charge is 2.26. The number of nitrogens with zero attached hydrogens (tertiary/aromatic N) is 3. The third kappa shape index (κ3) is 6.02. The minimum absolute atomic E-state index is 0.00914. The average molecular weight is 466 g/mol. The molecule has 7 heteroatoms. The van der Waals surface area contributed by atoms with Gasteiger partial charge in [0.15, 0.2) is 0 Å². The van der Waals surface area contributed by atoms with Crippen LogP contribution in [0.1, 0.15) is 41.5 Å². The van der Waals surface area contributed by atoms with Crippen molar-refractivity contribution in [2.45, 2.75) is 25.8 Å². The van der Waals surface area contributed by atoms with Gasteiger partial charge in [0.1, 0.15) is 5.82 Å². The van der Waals surface area contributed by atoms with Gasteiger partial charge < -0.3 is 10.3 Å². The minimum atomic E-state index is -0.276. The van der Waals surface area contributed by atoms with Crippen LogP contribution in [0.25, 0.3) is 0 Å². The summed E-state index contributed by atoms with van der Waals surface area (Å²) < 4.78 is 0. The van der Waals surface area contributed by atoms with E-state index < -0.39 is 0 Å². The zero-order valence-corrected chi connectivity index (χ0v) is 20.1. The number of imidazole rings is 1. The molecule has 3 aromatic rings. The molecule has 2 unspecified atom stereocenters. The van der Waals surface area contributed by atoms with E-state index in [1.165, 1.54) is 11.1 Å². The number of benzene rings is 2. The number of carbonyl (C=O) groups is 1. The third-order valence-electron chi connectivity index (χ3n) is 6.33. The lowest BCUT2D eigenvalue weighted by Crippen LogP contribution is -2.49. The number of piperazine rings is 1. The fraction of sp³-hybridized carbons (Fsp3) is 0.385. The maximum absolute atomic E-state index is 12.5. The van der Waals surface area contributed by atoms with Crippen LogP contribution in [0.3, 0.4) is 0 Å². The molecule has 2 heterocycles. The van der Waals surface area contributed by atoms with Gasteiger partial charge in [0.05, 0.1) is 12.0 Å². The summed E-state index contributed by atoms with van der Waals surface area (Å²) in [5, 5.41) is 3.82. The summed E-state index contributed by atoms with van der Waals surface area (Å²) >= 11 is 6.14. The van der Waals surface area contributed by atoms with Crippen LogP contribution in [0.5, 0.6) is 0 Å². The highest BCUT2D eigenvalue weighted by molar-refractivity contribution is 6.30. The van der Waals surface area contributed by atoms with E-state index >= 15 is 0 Å². The molecule has 0 spiro atoms. The van der Waals surface area contributed by atoms with E-state index in [1.54, 1.807) is 6.20 Å². The van der Waals surface area contributed by atoms with E-state index in [0.717, 1.165) is 43.4 Å². The first-order valence-electron chi connectivity index (χ1n) is 11.6. The number of amides is 1. The fourth-order valence-electron chi connectivity index (χ4n) is 4.41. The first kappa shape index (κ1) is 23.5. The number of nitrogens with one attached hydrogen (secondary N) is 2. The van der Waals surface area contributed by atoms with Crippen LogP contribution < -0.4 is 5.32 Å². The Bertz CT molecular complexity index is 1030. The number of hydrogen-bond acceptors (Lipinski definition) is 4. The second-order valence-corrected chi connectivity index (χ2v) is 9.14. The monoisotopic (exact) mass is 465 g/mol. The van der Waals surface area contributed by atoms with Crippen LogP contribution in [-0.4, -0.2) is 64.9 Å². The Labute approximate surface area is 201 Å². The fourth-order valence-corrected chi connectivity index (χ4v) is 4.53. The van der Waals surface area contributed by atoms with Crippen LogP contribution in [0, 0.1) is 6.92 Å². The molecule has 1 saturated heterocycles. The van der Waals surface area contributed by atoms with Crippen LogP contribution in [0.15, 0.2) is 60.8 Å². The van der Waals surface area contributed by atoms with E-state index in [1.807, 2.05) is 26.0 Å². The lowest BCUT2D eigenvalue weighted by Gasteiger charge is -2.39. The van der Waals surface area contributed by atoms with Crippen molar-refractivity contribution in [3.8, 4) is 0 Å². The molecular weight excluding hydrogens is 434 g/mol. The summed E-state index contributed by atoms with van der Waals surface area (Å²) in [4.78, 5) is 24.8. The van der Waals surface area contributed by atoms with Gasteiger partial charge >= 0.3 is 0 Å². The third-order valence-corrected chi connectivity index (χ3v) is 6.58. The molecule has 0 radical (unpaired) electrons. The quantitative estimate of drug-likeness (QED) is 0.527. The normalized spacial score (nSPS) is 16.9. The summed E-state index contributed by atoms with van der Waals surface area (Å²) in [5.41, 5.74) is 3.52. The molecule has 1 fully saturated rings. The number of aryl methyl sites for hydroxylation is 1. The predicted molar refractivity (Wildman–Crippen MR) is 132 cm³/mol. The van der Waals surface area contributed by atoms with Crippen LogP contribution in [-0.2, 0) is 4.79 Å². The highest BCUT2D eigenvalue weighted by Crippen LogP contribution is 2.30. The van der Waals surface area contributed by atoms with Crippen molar-refractivity contribution in [2.75, 3.05) is 39.3 Å². The molecule has 1 amide bonds. The molecule has 4 rings (SSSR count). The highest BCUT2D eigenvalue weighted by atomic mass is 35.5. The number of aromatic nitrogens is 2. The van der Waals surface area contributed by atoms with Crippen LogP contribution in [0.2, 0.25) is 5.02 Å².